The number of carbonyl (C=O) groups is 2. The average Bonchev–Trinajstić information content (AvgIpc) is 3.35. The van der Waals surface area contributed by atoms with E-state index in [1.807, 2.05) is 29.3 Å². The van der Waals surface area contributed by atoms with E-state index in [2.05, 4.69) is 16.0 Å². The number of nitrogens with one attached hydrogen (secondary N) is 1. The Labute approximate surface area is 177 Å². The summed E-state index contributed by atoms with van der Waals surface area (Å²) in [6.07, 6.45) is 7.54. The van der Waals surface area contributed by atoms with E-state index in [9.17, 15) is 9.59 Å². The predicted molar refractivity (Wildman–Crippen MR) is 115 cm³/mol. The standard InChI is InChI=1S/C24H31N3O3/c28-22(26-10-12-30-13-11-26)7-6-19-16-27(17-24(19)8-3-9-24)23(29)14-18-15-25-21-5-2-1-4-20(18)21/h1-2,4-5,15,19,25H,3,6-14,16-17H2. The van der Waals surface area contributed by atoms with Gasteiger partial charge in [-0.25, -0.2) is 0 Å². The number of rotatable bonds is 5. The maximum atomic E-state index is 13.1. The first-order chi connectivity index (χ1) is 14.6. The molecule has 1 atom stereocenters. The van der Waals surface area contributed by atoms with Gasteiger partial charge in [0, 0.05) is 49.7 Å². The molecule has 6 heteroatoms. The van der Waals surface area contributed by atoms with Crippen LogP contribution in [0.25, 0.3) is 10.9 Å². The highest BCUT2D eigenvalue weighted by Crippen LogP contribution is 2.53. The molecule has 3 fully saturated rings. The topological polar surface area (TPSA) is 65.6 Å². The van der Waals surface area contributed by atoms with Crippen molar-refractivity contribution in [2.24, 2.45) is 11.3 Å². The van der Waals surface area contributed by atoms with E-state index >= 15 is 0 Å². The monoisotopic (exact) mass is 409 g/mol. The number of amides is 2. The summed E-state index contributed by atoms with van der Waals surface area (Å²) >= 11 is 0. The molecule has 1 unspecified atom stereocenters. The quantitative estimate of drug-likeness (QED) is 0.826. The lowest BCUT2D eigenvalue weighted by atomic mass is 9.62. The summed E-state index contributed by atoms with van der Waals surface area (Å²) in [6, 6.07) is 8.15. The molecule has 0 radical (unpaired) electrons. The number of para-hydroxylation sites is 1. The van der Waals surface area contributed by atoms with E-state index in [0.29, 0.717) is 45.1 Å². The van der Waals surface area contributed by atoms with E-state index in [-0.39, 0.29) is 17.2 Å². The molecule has 2 aromatic rings. The summed E-state index contributed by atoms with van der Waals surface area (Å²) in [7, 11) is 0. The van der Waals surface area contributed by atoms with Crippen LogP contribution < -0.4 is 0 Å². The lowest BCUT2D eigenvalue weighted by Gasteiger charge is -2.43. The molecule has 1 aliphatic carbocycles. The first kappa shape index (κ1) is 19.6. The van der Waals surface area contributed by atoms with E-state index in [4.69, 9.17) is 4.74 Å². The third kappa shape index (κ3) is 3.62. The third-order valence-corrected chi connectivity index (χ3v) is 7.60. The van der Waals surface area contributed by atoms with Crippen LogP contribution in [0.2, 0.25) is 0 Å². The van der Waals surface area contributed by atoms with Gasteiger partial charge in [0.2, 0.25) is 11.8 Å². The Balaban J connectivity index is 1.22. The summed E-state index contributed by atoms with van der Waals surface area (Å²) < 4.78 is 5.36. The Hall–Kier alpha value is -2.34. The van der Waals surface area contributed by atoms with Gasteiger partial charge in [-0.3, -0.25) is 9.59 Å². The normalized spacial score (nSPS) is 23.1. The number of aromatic amines is 1. The molecule has 1 N–H and O–H groups in total. The minimum Gasteiger partial charge on any atom is -0.378 e. The molecule has 5 rings (SSSR count). The van der Waals surface area contributed by atoms with E-state index in [0.717, 1.165) is 36.0 Å². The van der Waals surface area contributed by atoms with Crippen molar-refractivity contribution in [1.82, 2.24) is 14.8 Å². The van der Waals surface area contributed by atoms with Crippen molar-refractivity contribution in [1.29, 1.82) is 0 Å². The largest absolute Gasteiger partial charge is 0.378 e. The van der Waals surface area contributed by atoms with Gasteiger partial charge < -0.3 is 19.5 Å². The van der Waals surface area contributed by atoms with Crippen molar-refractivity contribution in [3.8, 4) is 0 Å². The zero-order valence-electron chi connectivity index (χ0n) is 17.6. The second kappa shape index (κ2) is 8.06. The number of likely N-dealkylation sites (tertiary alicyclic amines) is 1. The van der Waals surface area contributed by atoms with Gasteiger partial charge in [0.25, 0.3) is 0 Å². The highest BCUT2D eigenvalue weighted by Gasteiger charge is 2.51. The SMILES string of the molecule is O=C(CCC1CN(C(=O)Cc2c[nH]c3ccccc23)CC12CCC2)N1CCOCC1. The Morgan fingerprint density at radius 3 is 2.67 bits per heavy atom. The molecule has 3 aliphatic rings. The number of ether oxygens (including phenoxy) is 1. The number of morpholine rings is 1. The van der Waals surface area contributed by atoms with Crippen LogP contribution in [0.15, 0.2) is 30.5 Å². The molecule has 3 heterocycles. The zero-order chi connectivity index (χ0) is 20.6. The lowest BCUT2D eigenvalue weighted by molar-refractivity contribution is -0.135. The van der Waals surface area contributed by atoms with Crippen molar-refractivity contribution in [3.63, 3.8) is 0 Å². The predicted octanol–water partition coefficient (Wildman–Crippen LogP) is 2.98. The van der Waals surface area contributed by atoms with Gasteiger partial charge in [-0.2, -0.15) is 0 Å². The number of hydrogen-bond donors (Lipinski definition) is 1. The van der Waals surface area contributed by atoms with Crippen LogP contribution in [0.4, 0.5) is 0 Å². The highest BCUT2D eigenvalue weighted by atomic mass is 16.5. The Morgan fingerprint density at radius 1 is 1.10 bits per heavy atom. The summed E-state index contributed by atoms with van der Waals surface area (Å²) in [4.78, 5) is 33.0. The third-order valence-electron chi connectivity index (χ3n) is 7.60. The fourth-order valence-electron chi connectivity index (χ4n) is 5.64. The van der Waals surface area contributed by atoms with E-state index < -0.39 is 0 Å². The van der Waals surface area contributed by atoms with Crippen LogP contribution in [0.5, 0.6) is 0 Å². The van der Waals surface area contributed by atoms with E-state index in [1.54, 1.807) is 0 Å². The molecular formula is C24H31N3O3. The second-order valence-electron chi connectivity index (χ2n) is 9.26. The van der Waals surface area contributed by atoms with Crippen molar-refractivity contribution in [3.05, 3.63) is 36.0 Å². The smallest absolute Gasteiger partial charge is 0.227 e. The van der Waals surface area contributed by atoms with Crippen LogP contribution in [0.3, 0.4) is 0 Å². The fourth-order valence-corrected chi connectivity index (χ4v) is 5.64. The van der Waals surface area contributed by atoms with Crippen LogP contribution in [0.1, 0.15) is 37.7 Å². The van der Waals surface area contributed by atoms with Gasteiger partial charge >= 0.3 is 0 Å². The van der Waals surface area contributed by atoms with Crippen molar-refractivity contribution >= 4 is 22.7 Å². The zero-order valence-corrected chi connectivity index (χ0v) is 17.6. The fraction of sp³-hybridized carbons (Fsp3) is 0.583. The molecule has 1 aromatic heterocycles. The molecule has 1 aromatic carbocycles. The minimum absolute atomic E-state index is 0.216. The Kier molecular flexibility index (Phi) is 5.27. The van der Waals surface area contributed by atoms with Gasteiger partial charge in [0.1, 0.15) is 0 Å². The molecule has 2 amide bonds. The van der Waals surface area contributed by atoms with Crippen LogP contribution in [-0.2, 0) is 20.7 Å². The first-order valence-electron chi connectivity index (χ1n) is 11.3. The molecule has 1 spiro atoms. The first-order valence-corrected chi connectivity index (χ1v) is 11.3. The van der Waals surface area contributed by atoms with Gasteiger partial charge in [0.05, 0.1) is 19.6 Å². The number of carbonyl (C=O) groups excluding carboxylic acids is 2. The lowest BCUT2D eigenvalue weighted by Crippen LogP contribution is -2.42. The number of H-pyrrole nitrogens is 1. The number of aromatic nitrogens is 1. The minimum atomic E-state index is 0.216. The van der Waals surface area contributed by atoms with Crippen molar-refractivity contribution in [2.75, 3.05) is 39.4 Å². The summed E-state index contributed by atoms with van der Waals surface area (Å²) in [5.41, 5.74) is 2.40. The summed E-state index contributed by atoms with van der Waals surface area (Å²) in [5, 5.41) is 1.14. The molecule has 1 saturated carbocycles. The molecule has 0 bridgehead atoms. The molecule has 2 saturated heterocycles. The van der Waals surface area contributed by atoms with E-state index in [1.165, 1.54) is 19.3 Å². The summed E-state index contributed by atoms with van der Waals surface area (Å²) in [5.74, 6) is 0.910. The number of benzene rings is 1. The number of hydrogen-bond acceptors (Lipinski definition) is 3. The Bertz CT molecular complexity index is 927. The van der Waals surface area contributed by atoms with Gasteiger partial charge in [-0.15, -0.1) is 0 Å². The number of nitrogens with zero attached hydrogens (tertiary/aromatic N) is 2. The van der Waals surface area contributed by atoms with Crippen molar-refractivity contribution < 1.29 is 14.3 Å². The molecule has 6 nitrogen and oxygen atoms in total. The maximum absolute atomic E-state index is 13.1. The van der Waals surface area contributed by atoms with Crippen molar-refractivity contribution in [2.45, 2.75) is 38.5 Å². The maximum Gasteiger partial charge on any atom is 0.227 e. The van der Waals surface area contributed by atoms with Gasteiger partial charge in [0.15, 0.2) is 0 Å². The second-order valence-corrected chi connectivity index (χ2v) is 9.26. The molecule has 2 aliphatic heterocycles. The Morgan fingerprint density at radius 2 is 1.90 bits per heavy atom. The number of fused-ring (bicyclic) bond motifs is 1. The molecule has 30 heavy (non-hydrogen) atoms. The van der Waals surface area contributed by atoms with Crippen LogP contribution in [0, 0.1) is 11.3 Å². The van der Waals surface area contributed by atoms with Crippen LogP contribution >= 0.6 is 0 Å². The van der Waals surface area contributed by atoms with Gasteiger partial charge in [-0.05, 0) is 42.2 Å². The van der Waals surface area contributed by atoms with Gasteiger partial charge in [-0.1, -0.05) is 24.6 Å². The molecular weight excluding hydrogens is 378 g/mol. The highest BCUT2D eigenvalue weighted by molar-refractivity contribution is 5.89. The average molecular weight is 410 g/mol. The van der Waals surface area contributed by atoms with Crippen LogP contribution in [-0.4, -0.2) is 66.0 Å². The molecule has 160 valence electrons. The summed E-state index contributed by atoms with van der Waals surface area (Å²) in [6.45, 7) is 4.39.